The van der Waals surface area contributed by atoms with Crippen LogP contribution in [0.2, 0.25) is 0 Å². The number of methoxy groups -OCH3 is 2. The van der Waals surface area contributed by atoms with Crippen molar-refractivity contribution in [3.8, 4) is 0 Å². The van der Waals surface area contributed by atoms with E-state index in [4.69, 9.17) is 9.47 Å². The van der Waals surface area contributed by atoms with E-state index < -0.39 is 16.1 Å². The highest BCUT2D eigenvalue weighted by Crippen LogP contribution is 2.52. The highest BCUT2D eigenvalue weighted by Gasteiger charge is 2.54. The van der Waals surface area contributed by atoms with Crippen molar-refractivity contribution in [2.45, 2.75) is 78.3 Å². The zero-order valence-corrected chi connectivity index (χ0v) is 33.7. The van der Waals surface area contributed by atoms with Crippen molar-refractivity contribution >= 4 is 38.4 Å². The number of ether oxygens (including phenoxy) is 2. The van der Waals surface area contributed by atoms with E-state index in [1.54, 1.807) is 28.4 Å². The predicted molar refractivity (Wildman–Crippen MR) is 209 cm³/mol. The summed E-state index contributed by atoms with van der Waals surface area (Å²) in [6.45, 7) is 11.1. The number of nitrogens with one attached hydrogen (secondary N) is 1. The molecular weight excluding hydrogens is 744 g/mol. The number of amides is 2. The molecule has 2 amide bonds. The van der Waals surface area contributed by atoms with Crippen molar-refractivity contribution in [3.05, 3.63) is 60.4 Å². The molecule has 6 fully saturated rings. The van der Waals surface area contributed by atoms with Gasteiger partial charge in [0.1, 0.15) is 15.6 Å². The Morgan fingerprint density at radius 1 is 1.02 bits per heavy atom. The fourth-order valence-electron chi connectivity index (χ4n) is 10.9. The van der Waals surface area contributed by atoms with Crippen molar-refractivity contribution in [2.24, 2.45) is 11.8 Å². The Hall–Kier alpha value is -3.08. The minimum atomic E-state index is -3.67. The summed E-state index contributed by atoms with van der Waals surface area (Å²) < 4.78 is 55.7. The van der Waals surface area contributed by atoms with Crippen LogP contribution in [0, 0.1) is 17.7 Å². The van der Waals surface area contributed by atoms with Crippen molar-refractivity contribution in [1.29, 1.82) is 0 Å². The van der Waals surface area contributed by atoms with Gasteiger partial charge in [-0.05, 0) is 112 Å². The van der Waals surface area contributed by atoms with Crippen molar-refractivity contribution < 1.29 is 31.9 Å². The average Bonchev–Trinajstić information content (AvgIpc) is 3.99. The number of sulfonamides is 1. The predicted octanol–water partition coefficient (Wildman–Crippen LogP) is 4.13. The second-order valence-corrected chi connectivity index (χ2v) is 19.8. The maximum Gasteiger partial charge on any atom is 0.407 e. The number of halogens is 1. The van der Waals surface area contributed by atoms with E-state index >= 15 is 4.39 Å². The topological polar surface area (TPSA) is 115 Å². The molecule has 12 nitrogen and oxygen atoms in total. The molecular formula is C40H55FN6O6S2. The van der Waals surface area contributed by atoms with Gasteiger partial charge < -0.3 is 34.4 Å². The summed E-state index contributed by atoms with van der Waals surface area (Å²) in [5, 5.41) is 4.09. The van der Waals surface area contributed by atoms with Gasteiger partial charge in [0, 0.05) is 56.8 Å². The van der Waals surface area contributed by atoms with Crippen LogP contribution >= 0.6 is 11.3 Å². The molecule has 55 heavy (non-hydrogen) atoms. The van der Waals surface area contributed by atoms with Crippen LogP contribution in [-0.4, -0.2) is 143 Å². The largest absolute Gasteiger partial charge is 0.453 e. The number of hydrogen-bond acceptors (Lipinski definition) is 10. The molecule has 1 N–H and O–H groups in total. The quantitative estimate of drug-likeness (QED) is 0.299. The first-order valence-corrected chi connectivity index (χ1v) is 22.1. The minimum absolute atomic E-state index is 0.0376. The third-order valence-corrected chi connectivity index (χ3v) is 17.3. The van der Waals surface area contributed by atoms with E-state index in [2.05, 4.69) is 32.7 Å². The molecule has 1 aliphatic carbocycles. The van der Waals surface area contributed by atoms with Gasteiger partial charge in [-0.1, -0.05) is 25.1 Å². The molecule has 1 aromatic heterocycles. The monoisotopic (exact) mass is 798 g/mol. The lowest BCUT2D eigenvalue weighted by molar-refractivity contribution is -0.127. The lowest BCUT2D eigenvalue weighted by Gasteiger charge is -2.55. The van der Waals surface area contributed by atoms with Crippen molar-refractivity contribution in [2.75, 3.05) is 84.6 Å². The number of benzene rings is 1. The molecule has 2 bridgehead atoms. The second-order valence-electron chi connectivity index (χ2n) is 16.7. The van der Waals surface area contributed by atoms with Gasteiger partial charge in [0.25, 0.3) is 10.0 Å². The zero-order valence-electron chi connectivity index (χ0n) is 32.0. The number of likely N-dealkylation sites (tertiary alicyclic amines) is 3. The molecule has 1 saturated carbocycles. The molecule has 0 spiro atoms. The molecule has 15 heteroatoms. The first kappa shape index (κ1) is 38.8. The SMILES string of the molecule is C=CC(=O)N1C[C@@H]2C[C@H]1CN2S(=O)(=O)c1ccc(N2CC(CN3CCC(C(CN4CCC4)(c4cccc(F)c4)[C@H]4CCC[C@@H]4NC(=O)OC)CC3)(OC)C2)s1. The third-order valence-electron chi connectivity index (χ3n) is 13.8. The van der Waals surface area contributed by atoms with Crippen LogP contribution in [0.5, 0.6) is 0 Å². The Morgan fingerprint density at radius 3 is 2.44 bits per heavy atom. The number of rotatable bonds is 13. The summed E-state index contributed by atoms with van der Waals surface area (Å²) in [7, 11) is -0.489. The fourth-order valence-corrected chi connectivity index (χ4v) is 14.0. The first-order valence-electron chi connectivity index (χ1n) is 19.9. The van der Waals surface area contributed by atoms with Gasteiger partial charge in [-0.2, -0.15) is 4.31 Å². The van der Waals surface area contributed by atoms with Crippen molar-refractivity contribution in [3.63, 3.8) is 0 Å². The summed E-state index contributed by atoms with van der Waals surface area (Å²) in [5.74, 6) is 0.0997. The maximum absolute atomic E-state index is 15.1. The van der Waals surface area contributed by atoms with Crippen LogP contribution in [0.3, 0.4) is 0 Å². The summed E-state index contributed by atoms with van der Waals surface area (Å²) in [6, 6.07) is 10.5. The molecule has 2 aromatic rings. The maximum atomic E-state index is 15.1. The number of hydrogen-bond donors (Lipinski definition) is 1. The van der Waals surface area contributed by atoms with E-state index in [9.17, 15) is 18.0 Å². The van der Waals surface area contributed by atoms with Gasteiger partial charge in [-0.15, -0.1) is 11.3 Å². The summed E-state index contributed by atoms with van der Waals surface area (Å²) >= 11 is 1.30. The highest BCUT2D eigenvalue weighted by molar-refractivity contribution is 7.91. The Morgan fingerprint density at radius 2 is 1.80 bits per heavy atom. The molecule has 5 atom stereocenters. The van der Waals surface area contributed by atoms with Crippen LogP contribution < -0.4 is 10.2 Å². The minimum Gasteiger partial charge on any atom is -0.453 e. The van der Waals surface area contributed by atoms with E-state index in [0.717, 1.165) is 81.9 Å². The Labute approximate surface area is 328 Å². The lowest BCUT2D eigenvalue weighted by Crippen LogP contribution is -2.68. The number of thiophene rings is 1. The van der Waals surface area contributed by atoms with Crippen molar-refractivity contribution in [1.82, 2.24) is 24.3 Å². The normalized spacial score (nSPS) is 28.4. The second kappa shape index (κ2) is 15.4. The van der Waals surface area contributed by atoms with E-state index in [1.165, 1.54) is 37.0 Å². The standard InChI is InChI=1S/C40H55FN6O6S2/c1-4-35(48)46-22-32-21-31(46)23-47(32)55(50,51)37-13-12-36(54-37)45-25-39(26-45,53-3)24-44-18-14-28(15-19-44)40(27-43-16-7-17-43,29-8-5-9-30(41)20-29)33-10-6-11-34(33)42-38(49)52-2/h4-5,8-9,12-13,20,28,31-34H,1,6-7,10-11,14-19,21-27H2,2-3H3,(H,42,49)/t31-,32-,33-,34-,40?/m0/s1. The molecule has 0 radical (unpaired) electrons. The number of alkyl carbamates (subject to hydrolysis) is 1. The van der Waals surface area contributed by atoms with E-state index in [-0.39, 0.29) is 46.8 Å². The highest BCUT2D eigenvalue weighted by atomic mass is 32.2. The van der Waals surface area contributed by atoms with Gasteiger partial charge in [-0.25, -0.2) is 17.6 Å². The molecule has 5 saturated heterocycles. The molecule has 8 rings (SSSR count). The van der Waals surface area contributed by atoms with Gasteiger partial charge in [0.2, 0.25) is 5.91 Å². The van der Waals surface area contributed by atoms with Crippen LogP contribution in [0.25, 0.3) is 0 Å². The van der Waals surface area contributed by atoms with Gasteiger partial charge in [0.05, 0.1) is 25.2 Å². The molecule has 5 aliphatic heterocycles. The number of piperazine rings is 1. The Bertz CT molecular complexity index is 1860. The third kappa shape index (κ3) is 7.11. The number of carbonyl (C=O) groups excluding carboxylic acids is 2. The molecule has 6 heterocycles. The summed E-state index contributed by atoms with van der Waals surface area (Å²) in [5.41, 5.74) is 0.351. The first-order chi connectivity index (χ1) is 26.5. The summed E-state index contributed by atoms with van der Waals surface area (Å²) in [6.07, 6.45) is 7.51. The van der Waals surface area contributed by atoms with Gasteiger partial charge in [-0.3, -0.25) is 4.79 Å². The van der Waals surface area contributed by atoms with Gasteiger partial charge >= 0.3 is 6.09 Å². The van der Waals surface area contributed by atoms with Crippen LogP contribution in [0.1, 0.15) is 50.5 Å². The fraction of sp³-hybridized carbons (Fsp3) is 0.650. The van der Waals surface area contributed by atoms with Crippen LogP contribution in [0.4, 0.5) is 14.2 Å². The number of fused-ring (bicyclic) bond motifs is 2. The number of carbonyl (C=O) groups is 2. The number of piperidine rings is 1. The Balaban J connectivity index is 0.936. The van der Waals surface area contributed by atoms with Gasteiger partial charge in [0.15, 0.2) is 0 Å². The average molecular weight is 799 g/mol. The summed E-state index contributed by atoms with van der Waals surface area (Å²) in [4.78, 5) is 33.7. The van der Waals surface area contributed by atoms with E-state index in [0.29, 0.717) is 42.7 Å². The van der Waals surface area contributed by atoms with E-state index in [1.807, 2.05) is 12.1 Å². The molecule has 1 aromatic carbocycles. The molecule has 1 unspecified atom stereocenters. The Kier molecular flexibility index (Phi) is 10.8. The lowest BCUT2D eigenvalue weighted by atomic mass is 9.57. The number of anilines is 1. The zero-order chi connectivity index (χ0) is 38.5. The van der Waals surface area contributed by atoms with Crippen LogP contribution in [-0.2, 0) is 29.7 Å². The van der Waals surface area contributed by atoms with Crippen LogP contribution in [0.15, 0.2) is 53.3 Å². The smallest absolute Gasteiger partial charge is 0.407 e. The number of nitrogens with zero attached hydrogens (tertiary/aromatic N) is 5. The molecule has 6 aliphatic rings. The molecule has 300 valence electrons.